The molecule has 0 fully saturated rings. The van der Waals surface area contributed by atoms with Crippen LogP contribution in [0.5, 0.6) is 0 Å². The molecule has 0 saturated heterocycles. The van der Waals surface area contributed by atoms with Gasteiger partial charge in [-0.3, -0.25) is 0 Å². The van der Waals surface area contributed by atoms with E-state index in [-0.39, 0.29) is 12.6 Å². The van der Waals surface area contributed by atoms with Gasteiger partial charge in [0.2, 0.25) is 0 Å². The summed E-state index contributed by atoms with van der Waals surface area (Å²) in [6.45, 7) is 7.93. The van der Waals surface area contributed by atoms with Gasteiger partial charge >= 0.3 is 0 Å². The Labute approximate surface area is 77.2 Å². The lowest BCUT2D eigenvalue weighted by Crippen LogP contribution is -2.23. The van der Waals surface area contributed by atoms with Crippen molar-refractivity contribution >= 4 is 10.5 Å². The Balaban J connectivity index is 3.50. The van der Waals surface area contributed by atoms with Gasteiger partial charge in [-0.1, -0.05) is 13.0 Å². The molecule has 0 aromatic rings. The molecule has 0 bridgehead atoms. The summed E-state index contributed by atoms with van der Waals surface area (Å²) in [4.78, 5) is 0. The molecule has 0 aliphatic carbocycles. The summed E-state index contributed by atoms with van der Waals surface area (Å²) in [6.07, 6.45) is 2.21. The molecule has 0 radical (unpaired) electrons. The first-order chi connectivity index (χ1) is 5.74. The SMILES string of the molecule is C=CCOC(C)OC(CC)O[SiH3]. The Bertz CT molecular complexity index is 115. The van der Waals surface area contributed by atoms with Crippen LogP contribution in [-0.2, 0) is 13.9 Å². The quantitative estimate of drug-likeness (QED) is 0.334. The van der Waals surface area contributed by atoms with E-state index in [2.05, 4.69) is 6.58 Å². The average molecular weight is 190 g/mol. The summed E-state index contributed by atoms with van der Waals surface area (Å²) in [6, 6.07) is 0. The van der Waals surface area contributed by atoms with Crippen molar-refractivity contribution in [2.24, 2.45) is 0 Å². The molecule has 0 N–H and O–H groups in total. The van der Waals surface area contributed by atoms with E-state index >= 15 is 0 Å². The summed E-state index contributed by atoms with van der Waals surface area (Å²) in [5.41, 5.74) is 0. The van der Waals surface area contributed by atoms with Gasteiger partial charge < -0.3 is 13.9 Å². The maximum absolute atomic E-state index is 5.39. The van der Waals surface area contributed by atoms with Crippen molar-refractivity contribution in [3.05, 3.63) is 12.7 Å². The highest BCUT2D eigenvalue weighted by Crippen LogP contribution is 2.03. The van der Waals surface area contributed by atoms with E-state index in [1.807, 2.05) is 13.8 Å². The highest BCUT2D eigenvalue weighted by atomic mass is 28.2. The Hall–Kier alpha value is -0.163. The number of hydrogen-bond acceptors (Lipinski definition) is 3. The minimum Gasteiger partial charge on any atom is -0.404 e. The highest BCUT2D eigenvalue weighted by Gasteiger charge is 2.08. The normalized spacial score (nSPS) is 15.8. The van der Waals surface area contributed by atoms with Crippen molar-refractivity contribution in [2.45, 2.75) is 32.8 Å². The Kier molecular flexibility index (Phi) is 7.38. The zero-order valence-corrected chi connectivity index (χ0v) is 10.1. The zero-order chi connectivity index (χ0) is 9.40. The molecule has 2 unspecified atom stereocenters. The lowest BCUT2D eigenvalue weighted by atomic mass is 10.5. The Morgan fingerprint density at radius 1 is 1.58 bits per heavy atom. The fraction of sp³-hybridized carbons (Fsp3) is 0.750. The van der Waals surface area contributed by atoms with Gasteiger partial charge in [-0.05, 0) is 13.3 Å². The molecular weight excluding hydrogens is 172 g/mol. The molecule has 3 nitrogen and oxygen atoms in total. The van der Waals surface area contributed by atoms with Crippen LogP contribution in [0.3, 0.4) is 0 Å². The van der Waals surface area contributed by atoms with E-state index in [0.717, 1.165) is 6.42 Å². The summed E-state index contributed by atoms with van der Waals surface area (Å²) in [7, 11) is 0.692. The highest BCUT2D eigenvalue weighted by molar-refractivity contribution is 5.98. The minimum absolute atomic E-state index is 0.114. The first kappa shape index (κ1) is 11.8. The van der Waals surface area contributed by atoms with E-state index in [9.17, 15) is 0 Å². The van der Waals surface area contributed by atoms with Crippen molar-refractivity contribution in [3.8, 4) is 0 Å². The molecule has 4 heteroatoms. The molecule has 72 valence electrons. The molecule has 12 heavy (non-hydrogen) atoms. The molecule has 0 heterocycles. The van der Waals surface area contributed by atoms with Crippen molar-refractivity contribution in [1.82, 2.24) is 0 Å². The predicted molar refractivity (Wildman–Crippen MR) is 51.8 cm³/mol. The fourth-order valence-corrected chi connectivity index (χ4v) is 1.22. The van der Waals surface area contributed by atoms with Crippen LogP contribution >= 0.6 is 0 Å². The third-order valence-electron chi connectivity index (χ3n) is 1.39. The van der Waals surface area contributed by atoms with E-state index in [1.165, 1.54) is 0 Å². The van der Waals surface area contributed by atoms with Crippen LogP contribution in [0.1, 0.15) is 20.3 Å². The van der Waals surface area contributed by atoms with Crippen LogP contribution in [0, 0.1) is 0 Å². The van der Waals surface area contributed by atoms with E-state index in [0.29, 0.717) is 17.1 Å². The summed E-state index contributed by atoms with van der Waals surface area (Å²) in [5.74, 6) is 0. The van der Waals surface area contributed by atoms with Crippen LogP contribution in [-0.4, -0.2) is 29.7 Å². The van der Waals surface area contributed by atoms with Gasteiger partial charge in [0.25, 0.3) is 0 Å². The fourth-order valence-electron chi connectivity index (χ4n) is 0.775. The van der Waals surface area contributed by atoms with Gasteiger partial charge in [0.1, 0.15) is 16.8 Å². The summed E-state index contributed by atoms with van der Waals surface area (Å²) < 4.78 is 15.8. The molecule has 0 aromatic carbocycles. The Morgan fingerprint density at radius 3 is 2.67 bits per heavy atom. The van der Waals surface area contributed by atoms with Gasteiger partial charge in [-0.15, -0.1) is 6.58 Å². The molecule has 0 aromatic heterocycles. The Morgan fingerprint density at radius 2 is 2.25 bits per heavy atom. The molecule has 2 atom stereocenters. The lowest BCUT2D eigenvalue weighted by molar-refractivity contribution is -0.206. The molecule has 0 spiro atoms. The van der Waals surface area contributed by atoms with Crippen molar-refractivity contribution in [1.29, 1.82) is 0 Å². The second kappa shape index (κ2) is 7.48. The maximum Gasteiger partial charge on any atom is 0.158 e. The number of rotatable bonds is 7. The smallest absolute Gasteiger partial charge is 0.158 e. The van der Waals surface area contributed by atoms with Crippen LogP contribution in [0.15, 0.2) is 12.7 Å². The first-order valence-corrected chi connectivity index (χ1v) is 4.97. The second-order valence-corrected chi connectivity index (χ2v) is 2.87. The summed E-state index contributed by atoms with van der Waals surface area (Å²) >= 11 is 0. The van der Waals surface area contributed by atoms with Crippen LogP contribution in [0.2, 0.25) is 0 Å². The van der Waals surface area contributed by atoms with Crippen LogP contribution in [0.25, 0.3) is 0 Å². The zero-order valence-electron chi connectivity index (χ0n) is 8.08. The van der Waals surface area contributed by atoms with Crippen molar-refractivity contribution < 1.29 is 13.9 Å². The predicted octanol–water partition coefficient (Wildman–Crippen LogP) is 0.585. The van der Waals surface area contributed by atoms with Crippen molar-refractivity contribution in [2.75, 3.05) is 6.61 Å². The first-order valence-electron chi connectivity index (χ1n) is 4.15. The largest absolute Gasteiger partial charge is 0.404 e. The van der Waals surface area contributed by atoms with Crippen LogP contribution in [0.4, 0.5) is 0 Å². The molecular formula is C8H18O3Si. The standard InChI is InChI=1S/C8H18O3Si/c1-4-6-9-7(3)10-8(5-2)11-12/h4,7-8H,1,5-6H2,2-3,12H3. The average Bonchev–Trinajstić information content (AvgIpc) is 2.10. The van der Waals surface area contributed by atoms with Gasteiger partial charge in [-0.25, -0.2) is 0 Å². The number of hydrogen-bond donors (Lipinski definition) is 0. The van der Waals surface area contributed by atoms with Gasteiger partial charge in [0.15, 0.2) is 6.29 Å². The third kappa shape index (κ3) is 5.48. The monoisotopic (exact) mass is 190 g/mol. The van der Waals surface area contributed by atoms with Crippen LogP contribution < -0.4 is 0 Å². The van der Waals surface area contributed by atoms with Crippen molar-refractivity contribution in [3.63, 3.8) is 0 Å². The number of ether oxygens (including phenoxy) is 2. The van der Waals surface area contributed by atoms with Gasteiger partial charge in [0, 0.05) is 0 Å². The minimum atomic E-state index is -0.220. The summed E-state index contributed by atoms with van der Waals surface area (Å²) in [5, 5.41) is 0. The lowest BCUT2D eigenvalue weighted by Gasteiger charge is -2.19. The second-order valence-electron chi connectivity index (χ2n) is 2.40. The molecule has 0 rings (SSSR count). The molecule has 0 aliphatic heterocycles. The molecule has 0 amide bonds. The topological polar surface area (TPSA) is 27.7 Å². The molecule has 0 saturated carbocycles. The van der Waals surface area contributed by atoms with Gasteiger partial charge in [0.05, 0.1) is 6.61 Å². The van der Waals surface area contributed by atoms with E-state index in [4.69, 9.17) is 13.9 Å². The van der Waals surface area contributed by atoms with Gasteiger partial charge in [-0.2, -0.15) is 0 Å². The van der Waals surface area contributed by atoms with E-state index in [1.54, 1.807) is 6.08 Å². The molecule has 0 aliphatic rings. The van der Waals surface area contributed by atoms with E-state index < -0.39 is 0 Å². The maximum atomic E-state index is 5.39. The third-order valence-corrected chi connectivity index (χ3v) is 1.91.